The van der Waals surface area contributed by atoms with Gasteiger partial charge in [0.15, 0.2) is 0 Å². The standard InChI is InChI=1S/C18H28N2O2.ClH/c19-17(14-16-4-2-1-3-5-16)6-7-18(22)20-11-8-15(9-12-20)10-13-21;/h1-5,15,17,21H,6-14,19H2;1H/t17-;/m0./s1. The highest BCUT2D eigenvalue weighted by atomic mass is 35.5. The van der Waals surface area contributed by atoms with Gasteiger partial charge in [0.05, 0.1) is 0 Å². The molecule has 1 aliphatic heterocycles. The quantitative estimate of drug-likeness (QED) is 0.800. The molecule has 1 saturated heterocycles. The van der Waals surface area contributed by atoms with Gasteiger partial charge in [0.25, 0.3) is 0 Å². The van der Waals surface area contributed by atoms with Crippen LogP contribution >= 0.6 is 12.4 Å². The van der Waals surface area contributed by atoms with E-state index in [0.717, 1.165) is 45.2 Å². The summed E-state index contributed by atoms with van der Waals surface area (Å²) in [5, 5.41) is 8.97. The largest absolute Gasteiger partial charge is 0.396 e. The first-order valence-corrected chi connectivity index (χ1v) is 8.37. The van der Waals surface area contributed by atoms with Crippen LogP contribution in [-0.4, -0.2) is 41.7 Å². The molecule has 1 fully saturated rings. The number of amides is 1. The van der Waals surface area contributed by atoms with Crippen molar-refractivity contribution in [2.24, 2.45) is 11.7 Å². The van der Waals surface area contributed by atoms with Crippen molar-refractivity contribution in [1.29, 1.82) is 0 Å². The van der Waals surface area contributed by atoms with E-state index in [-0.39, 0.29) is 31.0 Å². The van der Waals surface area contributed by atoms with Crippen molar-refractivity contribution >= 4 is 18.3 Å². The second-order valence-corrected chi connectivity index (χ2v) is 6.32. The molecule has 0 bridgehead atoms. The third-order valence-corrected chi connectivity index (χ3v) is 4.57. The summed E-state index contributed by atoms with van der Waals surface area (Å²) in [5.41, 5.74) is 7.38. The molecule has 1 aliphatic rings. The first-order valence-electron chi connectivity index (χ1n) is 8.37. The smallest absolute Gasteiger partial charge is 0.222 e. The number of likely N-dealkylation sites (tertiary alicyclic amines) is 1. The van der Waals surface area contributed by atoms with E-state index in [0.29, 0.717) is 12.3 Å². The number of benzene rings is 1. The minimum Gasteiger partial charge on any atom is -0.396 e. The van der Waals surface area contributed by atoms with E-state index in [9.17, 15) is 4.79 Å². The van der Waals surface area contributed by atoms with E-state index in [2.05, 4.69) is 12.1 Å². The zero-order chi connectivity index (χ0) is 15.8. The predicted molar refractivity (Wildman–Crippen MR) is 95.6 cm³/mol. The van der Waals surface area contributed by atoms with Crippen LogP contribution in [0.15, 0.2) is 30.3 Å². The summed E-state index contributed by atoms with van der Waals surface area (Å²) in [4.78, 5) is 14.2. The molecule has 1 heterocycles. The number of aliphatic hydroxyl groups excluding tert-OH is 1. The van der Waals surface area contributed by atoms with Crippen molar-refractivity contribution in [3.63, 3.8) is 0 Å². The van der Waals surface area contributed by atoms with Gasteiger partial charge in [-0.15, -0.1) is 12.4 Å². The topological polar surface area (TPSA) is 66.6 Å². The molecule has 1 amide bonds. The maximum absolute atomic E-state index is 12.2. The number of nitrogens with zero attached hydrogens (tertiary/aromatic N) is 1. The van der Waals surface area contributed by atoms with Gasteiger partial charge in [-0.05, 0) is 43.6 Å². The van der Waals surface area contributed by atoms with Crippen molar-refractivity contribution in [2.45, 2.75) is 44.6 Å². The van der Waals surface area contributed by atoms with Gasteiger partial charge in [-0.25, -0.2) is 0 Å². The summed E-state index contributed by atoms with van der Waals surface area (Å²) >= 11 is 0. The van der Waals surface area contributed by atoms with Crippen molar-refractivity contribution in [1.82, 2.24) is 4.90 Å². The molecule has 0 spiro atoms. The summed E-state index contributed by atoms with van der Waals surface area (Å²) in [6, 6.07) is 10.2. The lowest BCUT2D eigenvalue weighted by Gasteiger charge is -2.32. The number of rotatable bonds is 7. The van der Waals surface area contributed by atoms with Crippen molar-refractivity contribution < 1.29 is 9.90 Å². The highest BCUT2D eigenvalue weighted by molar-refractivity contribution is 5.85. The molecule has 0 saturated carbocycles. The van der Waals surface area contributed by atoms with E-state index in [1.54, 1.807) is 0 Å². The van der Waals surface area contributed by atoms with Crippen LogP contribution in [0.4, 0.5) is 0 Å². The third-order valence-electron chi connectivity index (χ3n) is 4.57. The van der Waals surface area contributed by atoms with Gasteiger partial charge in [-0.3, -0.25) is 4.79 Å². The minimum atomic E-state index is 0. The van der Waals surface area contributed by atoms with Crippen LogP contribution in [0.25, 0.3) is 0 Å². The summed E-state index contributed by atoms with van der Waals surface area (Å²) in [6.07, 6.45) is 5.00. The zero-order valence-electron chi connectivity index (χ0n) is 13.7. The Bertz CT molecular complexity index is 448. The van der Waals surface area contributed by atoms with E-state index in [1.807, 2.05) is 23.1 Å². The van der Waals surface area contributed by atoms with Gasteiger partial charge in [0.2, 0.25) is 5.91 Å². The van der Waals surface area contributed by atoms with Crippen molar-refractivity contribution in [2.75, 3.05) is 19.7 Å². The fourth-order valence-corrected chi connectivity index (χ4v) is 3.14. The number of carbonyl (C=O) groups excluding carboxylic acids is 1. The first-order chi connectivity index (χ1) is 10.7. The monoisotopic (exact) mass is 340 g/mol. The lowest BCUT2D eigenvalue weighted by molar-refractivity contribution is -0.132. The van der Waals surface area contributed by atoms with E-state index in [4.69, 9.17) is 10.8 Å². The van der Waals surface area contributed by atoms with Crippen molar-refractivity contribution in [3.8, 4) is 0 Å². The number of nitrogens with two attached hydrogens (primary N) is 1. The normalized spacial score (nSPS) is 16.7. The minimum absolute atomic E-state index is 0. The number of piperidine rings is 1. The lowest BCUT2D eigenvalue weighted by atomic mass is 9.93. The van der Waals surface area contributed by atoms with Crippen LogP contribution in [0.5, 0.6) is 0 Å². The molecular formula is C18H29ClN2O2. The average Bonchev–Trinajstić information content (AvgIpc) is 2.54. The second kappa shape index (κ2) is 10.6. The number of hydrogen-bond acceptors (Lipinski definition) is 3. The Morgan fingerprint density at radius 1 is 1.26 bits per heavy atom. The number of carbonyl (C=O) groups is 1. The predicted octanol–water partition coefficient (Wildman–Crippen LogP) is 2.38. The Morgan fingerprint density at radius 2 is 1.91 bits per heavy atom. The lowest BCUT2D eigenvalue weighted by Crippen LogP contribution is -2.39. The average molecular weight is 341 g/mol. The van der Waals surface area contributed by atoms with Gasteiger partial charge in [-0.2, -0.15) is 0 Å². The molecule has 2 rings (SSSR count). The van der Waals surface area contributed by atoms with Crippen LogP contribution in [0.2, 0.25) is 0 Å². The molecule has 3 N–H and O–H groups in total. The van der Waals surface area contributed by atoms with E-state index in [1.165, 1.54) is 5.56 Å². The molecule has 5 heteroatoms. The van der Waals surface area contributed by atoms with Crippen molar-refractivity contribution in [3.05, 3.63) is 35.9 Å². The molecule has 1 atom stereocenters. The fourth-order valence-electron chi connectivity index (χ4n) is 3.14. The molecule has 0 radical (unpaired) electrons. The zero-order valence-corrected chi connectivity index (χ0v) is 14.5. The highest BCUT2D eigenvalue weighted by Crippen LogP contribution is 2.21. The molecule has 0 unspecified atom stereocenters. The Labute approximate surface area is 145 Å². The van der Waals surface area contributed by atoms with Crippen LogP contribution in [0, 0.1) is 5.92 Å². The van der Waals surface area contributed by atoms with Gasteiger partial charge < -0.3 is 15.7 Å². The van der Waals surface area contributed by atoms with E-state index < -0.39 is 0 Å². The van der Waals surface area contributed by atoms with E-state index >= 15 is 0 Å². The Balaban J connectivity index is 0.00000264. The van der Waals surface area contributed by atoms with Gasteiger partial charge in [0, 0.05) is 32.2 Å². The Kier molecular flexibility index (Phi) is 9.22. The third kappa shape index (κ3) is 6.90. The van der Waals surface area contributed by atoms with Crippen LogP contribution in [-0.2, 0) is 11.2 Å². The molecule has 130 valence electrons. The first kappa shape index (κ1) is 19.9. The SMILES string of the molecule is Cl.N[C@@H](CCC(=O)N1CCC(CCO)CC1)Cc1ccccc1. The molecule has 1 aromatic carbocycles. The fraction of sp³-hybridized carbons (Fsp3) is 0.611. The maximum atomic E-state index is 12.2. The molecule has 0 aromatic heterocycles. The van der Waals surface area contributed by atoms with Gasteiger partial charge in [0.1, 0.15) is 0 Å². The molecule has 23 heavy (non-hydrogen) atoms. The Hall–Kier alpha value is -1.10. The number of halogens is 1. The Morgan fingerprint density at radius 3 is 2.52 bits per heavy atom. The molecule has 4 nitrogen and oxygen atoms in total. The molecule has 1 aromatic rings. The summed E-state index contributed by atoms with van der Waals surface area (Å²) in [7, 11) is 0. The van der Waals surface area contributed by atoms with Crippen LogP contribution < -0.4 is 5.73 Å². The molecular weight excluding hydrogens is 312 g/mol. The van der Waals surface area contributed by atoms with Crippen LogP contribution in [0.1, 0.15) is 37.7 Å². The number of hydrogen-bond donors (Lipinski definition) is 2. The summed E-state index contributed by atoms with van der Waals surface area (Å²) in [6.45, 7) is 1.92. The second-order valence-electron chi connectivity index (χ2n) is 6.32. The maximum Gasteiger partial charge on any atom is 0.222 e. The highest BCUT2D eigenvalue weighted by Gasteiger charge is 2.22. The van der Waals surface area contributed by atoms with Crippen LogP contribution in [0.3, 0.4) is 0 Å². The number of aliphatic hydroxyl groups is 1. The van der Waals surface area contributed by atoms with Gasteiger partial charge in [-0.1, -0.05) is 30.3 Å². The molecule has 0 aliphatic carbocycles. The van der Waals surface area contributed by atoms with Gasteiger partial charge >= 0.3 is 0 Å². The summed E-state index contributed by atoms with van der Waals surface area (Å²) in [5.74, 6) is 0.806. The summed E-state index contributed by atoms with van der Waals surface area (Å²) < 4.78 is 0.